The first kappa shape index (κ1) is 19.8. The molecule has 1 heterocycles. The molecule has 0 radical (unpaired) electrons. The summed E-state index contributed by atoms with van der Waals surface area (Å²) < 4.78 is 11.2. The minimum Gasteiger partial charge on any atom is -0.490 e. The Morgan fingerprint density at radius 1 is 0.719 bits per heavy atom. The predicted molar refractivity (Wildman–Crippen MR) is 127 cm³/mol. The van der Waals surface area contributed by atoms with E-state index in [0.29, 0.717) is 5.56 Å². The van der Waals surface area contributed by atoms with E-state index in [0.717, 1.165) is 38.7 Å². The number of nitrogens with zero attached hydrogens (tertiary/aromatic N) is 1. The largest absolute Gasteiger partial charge is 0.490 e. The third-order valence-electron chi connectivity index (χ3n) is 5.33. The fraction of sp³-hybridized carbons (Fsp3) is 0.0714. The van der Waals surface area contributed by atoms with Gasteiger partial charge in [-0.05, 0) is 35.0 Å². The van der Waals surface area contributed by atoms with E-state index in [1.807, 2.05) is 84.9 Å². The van der Waals surface area contributed by atoms with Crippen LogP contribution < -0.4 is 4.74 Å². The second kappa shape index (κ2) is 8.90. The summed E-state index contributed by atoms with van der Waals surface area (Å²) in [5.74, 6) is 0.359. The number of ether oxygens (including phenoxy) is 2. The minimum atomic E-state index is -0.387. The lowest BCUT2D eigenvalue weighted by molar-refractivity contribution is 0.0452. The molecule has 0 fully saturated rings. The van der Waals surface area contributed by atoms with Crippen molar-refractivity contribution in [3.05, 3.63) is 109 Å². The Hall–Kier alpha value is -4.18. The zero-order valence-corrected chi connectivity index (χ0v) is 17.4. The molecule has 0 N–H and O–H groups in total. The van der Waals surface area contributed by atoms with Crippen LogP contribution in [0.5, 0.6) is 5.75 Å². The molecule has 0 bridgehead atoms. The van der Waals surface area contributed by atoms with E-state index in [4.69, 9.17) is 14.5 Å². The van der Waals surface area contributed by atoms with Gasteiger partial charge in [-0.25, -0.2) is 9.78 Å². The topological polar surface area (TPSA) is 48.4 Å². The lowest BCUT2D eigenvalue weighted by atomic mass is 9.99. The summed E-state index contributed by atoms with van der Waals surface area (Å²) in [6.45, 7) is 0.447. The molecule has 4 heteroatoms. The van der Waals surface area contributed by atoms with Crippen molar-refractivity contribution >= 4 is 27.6 Å². The van der Waals surface area contributed by atoms with Gasteiger partial charge in [0, 0.05) is 10.9 Å². The number of benzene rings is 4. The lowest BCUT2D eigenvalue weighted by Gasteiger charge is -2.12. The van der Waals surface area contributed by atoms with Crippen LogP contribution >= 0.6 is 0 Å². The molecule has 0 aliphatic carbocycles. The van der Waals surface area contributed by atoms with Crippen molar-refractivity contribution < 1.29 is 14.3 Å². The Morgan fingerprint density at radius 2 is 1.44 bits per heavy atom. The highest BCUT2D eigenvalue weighted by Crippen LogP contribution is 2.30. The van der Waals surface area contributed by atoms with Gasteiger partial charge in [0.15, 0.2) is 0 Å². The second-order valence-corrected chi connectivity index (χ2v) is 7.40. The molecule has 4 aromatic carbocycles. The average molecular weight is 419 g/mol. The summed E-state index contributed by atoms with van der Waals surface area (Å²) in [5.41, 5.74) is 2.98. The average Bonchev–Trinajstić information content (AvgIpc) is 2.86. The van der Waals surface area contributed by atoms with Crippen molar-refractivity contribution in [2.24, 2.45) is 0 Å². The van der Waals surface area contributed by atoms with Crippen LogP contribution in [-0.2, 0) is 4.74 Å². The maximum absolute atomic E-state index is 13.0. The first-order valence-corrected chi connectivity index (χ1v) is 10.5. The van der Waals surface area contributed by atoms with E-state index in [1.54, 1.807) is 0 Å². The Kier molecular flexibility index (Phi) is 5.50. The molecule has 0 saturated carbocycles. The highest BCUT2D eigenvalue weighted by atomic mass is 16.6. The SMILES string of the molecule is O=C(OCCOc1ccccc1)c1cc(-c2cccc3ccccc23)nc2ccccc12. The fourth-order valence-corrected chi connectivity index (χ4v) is 3.82. The summed E-state index contributed by atoms with van der Waals surface area (Å²) >= 11 is 0. The van der Waals surface area contributed by atoms with E-state index in [9.17, 15) is 4.79 Å². The Morgan fingerprint density at radius 3 is 2.31 bits per heavy atom. The molecule has 0 unspecified atom stereocenters. The summed E-state index contributed by atoms with van der Waals surface area (Å²) in [4.78, 5) is 17.9. The quantitative estimate of drug-likeness (QED) is 0.240. The maximum Gasteiger partial charge on any atom is 0.339 e. The van der Waals surface area contributed by atoms with Gasteiger partial charge in [0.2, 0.25) is 0 Å². The van der Waals surface area contributed by atoms with Crippen LogP contribution in [0, 0.1) is 0 Å². The van der Waals surface area contributed by atoms with Crippen molar-refractivity contribution in [2.45, 2.75) is 0 Å². The van der Waals surface area contributed by atoms with E-state index < -0.39 is 0 Å². The normalized spacial score (nSPS) is 10.9. The first-order chi connectivity index (χ1) is 15.8. The Bertz CT molecular complexity index is 1390. The van der Waals surface area contributed by atoms with Gasteiger partial charge in [-0.15, -0.1) is 0 Å². The number of hydrogen-bond acceptors (Lipinski definition) is 4. The molecule has 32 heavy (non-hydrogen) atoms. The van der Waals surface area contributed by atoms with Crippen molar-refractivity contribution in [1.82, 2.24) is 4.98 Å². The standard InChI is InChI=1S/C28H21NO3/c30-28(32-18-17-31-21-11-2-1-3-12-21)25-19-27(29-26-16-7-6-14-24(25)26)23-15-8-10-20-9-4-5-13-22(20)23/h1-16,19H,17-18H2. The van der Waals surface area contributed by atoms with Gasteiger partial charge < -0.3 is 9.47 Å². The molecule has 5 rings (SSSR count). The molecule has 0 saturated heterocycles. The number of carbonyl (C=O) groups excluding carboxylic acids is 1. The van der Waals surface area contributed by atoms with Crippen LogP contribution in [0.25, 0.3) is 32.9 Å². The Balaban J connectivity index is 1.45. The van der Waals surface area contributed by atoms with Crippen LogP contribution in [0.2, 0.25) is 0 Å². The highest BCUT2D eigenvalue weighted by molar-refractivity contribution is 6.06. The fourth-order valence-electron chi connectivity index (χ4n) is 3.82. The lowest BCUT2D eigenvalue weighted by Crippen LogP contribution is -2.13. The van der Waals surface area contributed by atoms with Crippen LogP contribution in [0.4, 0.5) is 0 Å². The zero-order valence-electron chi connectivity index (χ0n) is 17.4. The molecule has 1 aromatic heterocycles. The van der Waals surface area contributed by atoms with Gasteiger partial charge >= 0.3 is 5.97 Å². The number of hydrogen-bond donors (Lipinski definition) is 0. The van der Waals surface area contributed by atoms with Gasteiger partial charge in [-0.2, -0.15) is 0 Å². The van der Waals surface area contributed by atoms with Crippen LogP contribution in [-0.4, -0.2) is 24.2 Å². The summed E-state index contributed by atoms with van der Waals surface area (Å²) in [6.07, 6.45) is 0. The first-order valence-electron chi connectivity index (χ1n) is 10.5. The zero-order chi connectivity index (χ0) is 21.8. The molecule has 4 nitrogen and oxygen atoms in total. The van der Waals surface area contributed by atoms with Gasteiger partial charge in [-0.3, -0.25) is 0 Å². The summed E-state index contributed by atoms with van der Waals surface area (Å²) in [6, 6.07) is 33.2. The molecule has 0 amide bonds. The molecular formula is C28H21NO3. The van der Waals surface area contributed by atoms with Gasteiger partial charge in [-0.1, -0.05) is 78.9 Å². The van der Waals surface area contributed by atoms with Gasteiger partial charge in [0.05, 0.1) is 16.8 Å². The number of aromatic nitrogens is 1. The van der Waals surface area contributed by atoms with Crippen molar-refractivity contribution in [3.8, 4) is 17.0 Å². The third-order valence-corrected chi connectivity index (χ3v) is 5.33. The number of pyridine rings is 1. The van der Waals surface area contributed by atoms with Crippen molar-refractivity contribution in [3.63, 3.8) is 0 Å². The number of rotatable bonds is 6. The van der Waals surface area contributed by atoms with Crippen LogP contribution in [0.15, 0.2) is 103 Å². The van der Waals surface area contributed by atoms with Gasteiger partial charge in [0.1, 0.15) is 19.0 Å². The molecule has 0 aliphatic heterocycles. The Labute approximate surface area is 186 Å². The van der Waals surface area contributed by atoms with E-state index >= 15 is 0 Å². The summed E-state index contributed by atoms with van der Waals surface area (Å²) in [7, 11) is 0. The van der Waals surface area contributed by atoms with Crippen LogP contribution in [0.1, 0.15) is 10.4 Å². The molecule has 0 aliphatic rings. The number of carbonyl (C=O) groups is 1. The molecule has 0 atom stereocenters. The number of fused-ring (bicyclic) bond motifs is 2. The molecule has 156 valence electrons. The van der Waals surface area contributed by atoms with E-state index in [-0.39, 0.29) is 19.2 Å². The predicted octanol–water partition coefficient (Wildman–Crippen LogP) is 6.29. The molecular weight excluding hydrogens is 398 g/mol. The van der Waals surface area contributed by atoms with Crippen molar-refractivity contribution in [2.75, 3.05) is 13.2 Å². The molecule has 5 aromatic rings. The van der Waals surface area contributed by atoms with Crippen LogP contribution in [0.3, 0.4) is 0 Å². The summed E-state index contributed by atoms with van der Waals surface area (Å²) in [5, 5.41) is 2.99. The number of esters is 1. The second-order valence-electron chi connectivity index (χ2n) is 7.40. The maximum atomic E-state index is 13.0. The van der Waals surface area contributed by atoms with E-state index in [1.165, 1.54) is 0 Å². The van der Waals surface area contributed by atoms with E-state index in [2.05, 4.69) is 18.2 Å². The minimum absolute atomic E-state index is 0.161. The number of para-hydroxylation sites is 2. The van der Waals surface area contributed by atoms with Crippen molar-refractivity contribution in [1.29, 1.82) is 0 Å². The highest BCUT2D eigenvalue weighted by Gasteiger charge is 2.16. The third kappa shape index (κ3) is 4.03. The smallest absolute Gasteiger partial charge is 0.339 e. The monoisotopic (exact) mass is 419 g/mol. The van der Waals surface area contributed by atoms with Gasteiger partial charge in [0.25, 0.3) is 0 Å². The molecule has 0 spiro atoms.